The van der Waals surface area contributed by atoms with Crippen molar-refractivity contribution in [3.63, 3.8) is 0 Å². The summed E-state index contributed by atoms with van der Waals surface area (Å²) in [6.07, 6.45) is 6.12. The number of hydrogen-bond acceptors (Lipinski definition) is 4. The summed E-state index contributed by atoms with van der Waals surface area (Å²) >= 11 is 0. The molecule has 0 radical (unpaired) electrons. The van der Waals surface area contributed by atoms with Crippen LogP contribution >= 0.6 is 0 Å². The fourth-order valence-corrected chi connectivity index (χ4v) is 2.54. The van der Waals surface area contributed by atoms with Gasteiger partial charge in [0.25, 0.3) is 0 Å². The van der Waals surface area contributed by atoms with Crippen LogP contribution in [0.4, 0.5) is 0 Å². The number of nitrogens with zero attached hydrogens (tertiary/aromatic N) is 1. The van der Waals surface area contributed by atoms with Crippen molar-refractivity contribution in [3.8, 4) is 0 Å². The Hall–Kier alpha value is -0.970. The van der Waals surface area contributed by atoms with Crippen LogP contribution in [0.3, 0.4) is 0 Å². The monoisotopic (exact) mass is 250 g/mol. The third-order valence-corrected chi connectivity index (χ3v) is 3.30. The lowest BCUT2D eigenvalue weighted by atomic mass is 10.0. The van der Waals surface area contributed by atoms with Gasteiger partial charge in [-0.15, -0.1) is 0 Å². The standard InChI is InChI=1S/C14H22N2O2/c1-10-7-13(8-11(2)17-10)18-14(9-15)12-3-5-16-6-4-12/h3-6,10-11,13-14H,7-9,15H2,1-2H3. The van der Waals surface area contributed by atoms with E-state index < -0.39 is 0 Å². The van der Waals surface area contributed by atoms with Crippen LogP contribution in [0.15, 0.2) is 24.5 Å². The van der Waals surface area contributed by atoms with Crippen LogP contribution in [0.1, 0.15) is 38.4 Å². The highest BCUT2D eigenvalue weighted by Crippen LogP contribution is 2.26. The summed E-state index contributed by atoms with van der Waals surface area (Å²) in [5.74, 6) is 0. The minimum atomic E-state index is -0.0458. The molecule has 18 heavy (non-hydrogen) atoms. The van der Waals surface area contributed by atoms with Crippen molar-refractivity contribution in [2.45, 2.75) is 51.1 Å². The predicted octanol–water partition coefficient (Wildman–Crippen LogP) is 2.05. The zero-order valence-corrected chi connectivity index (χ0v) is 11.1. The SMILES string of the molecule is CC1CC(OC(CN)c2ccncc2)CC(C)O1. The van der Waals surface area contributed by atoms with Gasteiger partial charge in [-0.2, -0.15) is 0 Å². The fourth-order valence-electron chi connectivity index (χ4n) is 2.54. The van der Waals surface area contributed by atoms with Crippen LogP contribution in [-0.2, 0) is 9.47 Å². The number of nitrogens with two attached hydrogens (primary N) is 1. The molecule has 2 heterocycles. The Morgan fingerprint density at radius 3 is 2.50 bits per heavy atom. The van der Waals surface area contributed by atoms with Crippen LogP contribution in [0.5, 0.6) is 0 Å². The Kier molecular flexibility index (Phi) is 4.69. The molecule has 1 fully saturated rings. The molecule has 3 atom stereocenters. The molecule has 100 valence electrons. The Labute approximate surface area is 108 Å². The first-order valence-electron chi connectivity index (χ1n) is 6.60. The third kappa shape index (κ3) is 3.51. The van der Waals surface area contributed by atoms with Gasteiger partial charge in [0.05, 0.1) is 24.4 Å². The molecule has 2 N–H and O–H groups in total. The van der Waals surface area contributed by atoms with E-state index in [9.17, 15) is 0 Å². The molecule has 1 aliphatic heterocycles. The number of hydrogen-bond donors (Lipinski definition) is 1. The van der Waals surface area contributed by atoms with E-state index >= 15 is 0 Å². The average Bonchev–Trinajstić information content (AvgIpc) is 2.36. The molecular formula is C14H22N2O2. The fraction of sp³-hybridized carbons (Fsp3) is 0.643. The quantitative estimate of drug-likeness (QED) is 0.888. The molecule has 0 saturated carbocycles. The summed E-state index contributed by atoms with van der Waals surface area (Å²) in [6.45, 7) is 4.68. The van der Waals surface area contributed by atoms with Crippen LogP contribution in [0, 0.1) is 0 Å². The van der Waals surface area contributed by atoms with Crippen LogP contribution < -0.4 is 5.73 Å². The number of rotatable bonds is 4. The van der Waals surface area contributed by atoms with Gasteiger partial charge in [-0.25, -0.2) is 0 Å². The second-order valence-electron chi connectivity index (χ2n) is 4.99. The van der Waals surface area contributed by atoms with Crippen molar-refractivity contribution < 1.29 is 9.47 Å². The molecule has 0 amide bonds. The van der Waals surface area contributed by atoms with Gasteiger partial charge < -0.3 is 15.2 Å². The predicted molar refractivity (Wildman–Crippen MR) is 70.1 cm³/mol. The second kappa shape index (κ2) is 6.27. The molecule has 0 bridgehead atoms. The van der Waals surface area contributed by atoms with Crippen molar-refractivity contribution in [2.75, 3.05) is 6.54 Å². The van der Waals surface area contributed by atoms with E-state index in [1.54, 1.807) is 12.4 Å². The zero-order valence-electron chi connectivity index (χ0n) is 11.1. The summed E-state index contributed by atoms with van der Waals surface area (Å²) in [5.41, 5.74) is 6.91. The summed E-state index contributed by atoms with van der Waals surface area (Å²) < 4.78 is 11.9. The molecule has 2 rings (SSSR count). The van der Waals surface area contributed by atoms with Gasteiger partial charge in [0.1, 0.15) is 0 Å². The summed E-state index contributed by atoms with van der Waals surface area (Å²) in [4.78, 5) is 4.02. The van der Waals surface area contributed by atoms with Crippen molar-refractivity contribution in [2.24, 2.45) is 5.73 Å². The first kappa shape index (κ1) is 13.5. The second-order valence-corrected chi connectivity index (χ2v) is 4.99. The van der Waals surface area contributed by atoms with Gasteiger partial charge >= 0.3 is 0 Å². The molecule has 1 aromatic rings. The van der Waals surface area contributed by atoms with E-state index in [1.807, 2.05) is 12.1 Å². The maximum absolute atomic E-state index is 6.13. The Morgan fingerprint density at radius 1 is 1.33 bits per heavy atom. The molecule has 0 aromatic carbocycles. The first-order chi connectivity index (χ1) is 8.69. The molecular weight excluding hydrogens is 228 g/mol. The maximum Gasteiger partial charge on any atom is 0.0951 e. The number of pyridine rings is 1. The minimum Gasteiger partial charge on any atom is -0.375 e. The highest BCUT2D eigenvalue weighted by Gasteiger charge is 2.27. The van der Waals surface area contributed by atoms with Gasteiger partial charge in [-0.1, -0.05) is 0 Å². The number of aromatic nitrogens is 1. The van der Waals surface area contributed by atoms with Crippen molar-refractivity contribution in [1.82, 2.24) is 4.98 Å². The van der Waals surface area contributed by atoms with Gasteiger partial charge in [-0.3, -0.25) is 4.98 Å². The highest BCUT2D eigenvalue weighted by atomic mass is 16.5. The van der Waals surface area contributed by atoms with Gasteiger partial charge in [0.15, 0.2) is 0 Å². The molecule has 0 aliphatic carbocycles. The molecule has 4 nitrogen and oxygen atoms in total. The van der Waals surface area contributed by atoms with Crippen LogP contribution in [0.25, 0.3) is 0 Å². The molecule has 4 heteroatoms. The highest BCUT2D eigenvalue weighted by molar-refractivity contribution is 5.13. The Balaban J connectivity index is 1.98. The van der Waals surface area contributed by atoms with Gasteiger partial charge in [-0.05, 0) is 44.4 Å². The molecule has 1 aliphatic rings. The van der Waals surface area contributed by atoms with E-state index in [0.29, 0.717) is 6.54 Å². The average molecular weight is 250 g/mol. The zero-order chi connectivity index (χ0) is 13.0. The van der Waals surface area contributed by atoms with E-state index in [0.717, 1.165) is 18.4 Å². The van der Waals surface area contributed by atoms with E-state index in [-0.39, 0.29) is 24.4 Å². The lowest BCUT2D eigenvalue weighted by molar-refractivity contribution is -0.120. The number of ether oxygens (including phenoxy) is 2. The molecule has 0 spiro atoms. The summed E-state index contributed by atoms with van der Waals surface area (Å²) in [6, 6.07) is 3.92. The lowest BCUT2D eigenvalue weighted by Gasteiger charge is -2.34. The lowest BCUT2D eigenvalue weighted by Crippen LogP contribution is -2.35. The van der Waals surface area contributed by atoms with Crippen LogP contribution in [0.2, 0.25) is 0 Å². The largest absolute Gasteiger partial charge is 0.375 e. The molecule has 3 unspecified atom stereocenters. The third-order valence-electron chi connectivity index (χ3n) is 3.30. The van der Waals surface area contributed by atoms with Crippen LogP contribution in [-0.4, -0.2) is 29.8 Å². The first-order valence-corrected chi connectivity index (χ1v) is 6.60. The molecule has 1 aromatic heterocycles. The topological polar surface area (TPSA) is 57.4 Å². The smallest absolute Gasteiger partial charge is 0.0951 e. The van der Waals surface area contributed by atoms with Crippen molar-refractivity contribution in [1.29, 1.82) is 0 Å². The van der Waals surface area contributed by atoms with Gasteiger partial charge in [0, 0.05) is 18.9 Å². The maximum atomic E-state index is 6.13. The van der Waals surface area contributed by atoms with Gasteiger partial charge in [0.2, 0.25) is 0 Å². The normalized spacial score (nSPS) is 30.1. The van der Waals surface area contributed by atoms with Crippen molar-refractivity contribution in [3.05, 3.63) is 30.1 Å². The van der Waals surface area contributed by atoms with Crippen molar-refractivity contribution >= 4 is 0 Å². The van der Waals surface area contributed by atoms with E-state index in [2.05, 4.69) is 18.8 Å². The summed E-state index contributed by atoms with van der Waals surface area (Å²) in [7, 11) is 0. The van der Waals surface area contributed by atoms with E-state index in [4.69, 9.17) is 15.2 Å². The molecule has 1 saturated heterocycles. The Morgan fingerprint density at radius 2 is 1.94 bits per heavy atom. The Bertz CT molecular complexity index is 348. The summed E-state index contributed by atoms with van der Waals surface area (Å²) in [5, 5.41) is 0. The van der Waals surface area contributed by atoms with E-state index in [1.165, 1.54) is 0 Å². The minimum absolute atomic E-state index is 0.0458.